The van der Waals surface area contributed by atoms with Gasteiger partial charge in [0.15, 0.2) is 11.6 Å². The maximum absolute atomic E-state index is 13.0. The molecule has 0 unspecified atom stereocenters. The van der Waals surface area contributed by atoms with Crippen LogP contribution in [0, 0.1) is 15.9 Å². The third kappa shape index (κ3) is 2.87. The van der Waals surface area contributed by atoms with Crippen LogP contribution in [0.2, 0.25) is 0 Å². The molecule has 2 rings (SSSR count). The van der Waals surface area contributed by atoms with E-state index in [1.807, 2.05) is 0 Å². The first-order chi connectivity index (χ1) is 9.49. The topological polar surface area (TPSA) is 70.2 Å². The summed E-state index contributed by atoms with van der Waals surface area (Å²) in [6.45, 7) is -3.25. The molecule has 0 fully saturated rings. The Morgan fingerprint density at radius 3 is 2.85 bits per heavy atom. The van der Waals surface area contributed by atoms with Crippen LogP contribution in [0.5, 0.6) is 5.75 Å². The van der Waals surface area contributed by atoms with Gasteiger partial charge in [0.05, 0.1) is 4.92 Å². The largest absolute Gasteiger partial charge is 0.479 e. The van der Waals surface area contributed by atoms with E-state index in [0.717, 1.165) is 30.6 Å². The van der Waals surface area contributed by atoms with Crippen LogP contribution in [0.25, 0.3) is 0 Å². The second-order valence-corrected chi connectivity index (χ2v) is 3.69. The number of imidazole rings is 1. The SMILES string of the molecule is O=[N+]([O-])c1ccc(F)cc1OCc1nccn1C(F)F. The molecule has 0 aliphatic heterocycles. The number of hydrogen-bond donors (Lipinski definition) is 0. The molecule has 6 nitrogen and oxygen atoms in total. The molecule has 2 aromatic rings. The Balaban J connectivity index is 2.20. The van der Waals surface area contributed by atoms with E-state index >= 15 is 0 Å². The number of nitrogens with zero attached hydrogens (tertiary/aromatic N) is 3. The van der Waals surface area contributed by atoms with Crippen molar-refractivity contribution in [3.63, 3.8) is 0 Å². The molecule has 0 amide bonds. The average molecular weight is 287 g/mol. The van der Waals surface area contributed by atoms with Crippen LogP contribution in [0.4, 0.5) is 18.9 Å². The molecule has 1 aromatic carbocycles. The van der Waals surface area contributed by atoms with E-state index in [1.54, 1.807) is 0 Å². The number of halogens is 3. The molecular weight excluding hydrogens is 279 g/mol. The number of aromatic nitrogens is 2. The van der Waals surface area contributed by atoms with Crippen molar-refractivity contribution in [3.05, 3.63) is 52.3 Å². The Morgan fingerprint density at radius 1 is 1.45 bits per heavy atom. The molecule has 1 aromatic heterocycles. The molecule has 0 spiro atoms. The fourth-order valence-corrected chi connectivity index (χ4v) is 1.53. The van der Waals surface area contributed by atoms with Crippen molar-refractivity contribution in [3.8, 4) is 5.75 Å². The predicted octanol–water partition coefficient (Wildman–Crippen LogP) is 2.90. The number of alkyl halides is 2. The first kappa shape index (κ1) is 13.8. The standard InChI is InChI=1S/C11H8F3N3O3/c12-7-1-2-8(17(18)19)9(5-7)20-6-10-15-3-4-16(10)11(13)14/h1-5,11H,6H2. The van der Waals surface area contributed by atoms with Gasteiger partial charge in [0, 0.05) is 24.5 Å². The molecule has 0 atom stereocenters. The highest BCUT2D eigenvalue weighted by atomic mass is 19.3. The predicted molar refractivity (Wildman–Crippen MR) is 60.9 cm³/mol. The van der Waals surface area contributed by atoms with Crippen LogP contribution in [-0.2, 0) is 6.61 Å². The highest BCUT2D eigenvalue weighted by molar-refractivity contribution is 5.46. The Hall–Kier alpha value is -2.58. The normalized spacial score (nSPS) is 10.8. The van der Waals surface area contributed by atoms with Gasteiger partial charge in [-0.1, -0.05) is 0 Å². The van der Waals surface area contributed by atoms with E-state index in [9.17, 15) is 23.3 Å². The van der Waals surface area contributed by atoms with Crippen molar-refractivity contribution in [1.29, 1.82) is 0 Å². The number of rotatable bonds is 5. The quantitative estimate of drug-likeness (QED) is 0.626. The minimum Gasteiger partial charge on any atom is -0.479 e. The van der Waals surface area contributed by atoms with Crippen molar-refractivity contribution >= 4 is 5.69 Å². The fourth-order valence-electron chi connectivity index (χ4n) is 1.53. The van der Waals surface area contributed by atoms with Crippen LogP contribution in [-0.4, -0.2) is 14.5 Å². The summed E-state index contributed by atoms with van der Waals surface area (Å²) >= 11 is 0. The van der Waals surface area contributed by atoms with E-state index in [4.69, 9.17) is 4.74 Å². The monoisotopic (exact) mass is 287 g/mol. The second-order valence-electron chi connectivity index (χ2n) is 3.69. The van der Waals surface area contributed by atoms with Crippen molar-refractivity contribution in [2.75, 3.05) is 0 Å². The number of nitro benzene ring substituents is 1. The molecule has 0 radical (unpaired) electrons. The number of nitro groups is 1. The zero-order valence-electron chi connectivity index (χ0n) is 9.87. The maximum atomic E-state index is 13.0. The van der Waals surface area contributed by atoms with E-state index in [-0.39, 0.29) is 11.6 Å². The number of ether oxygens (including phenoxy) is 1. The zero-order valence-corrected chi connectivity index (χ0v) is 9.87. The maximum Gasteiger partial charge on any atom is 0.320 e. The fraction of sp³-hybridized carbons (Fsp3) is 0.182. The number of hydrogen-bond acceptors (Lipinski definition) is 4. The Bertz CT molecular complexity index is 630. The Kier molecular flexibility index (Phi) is 3.87. The van der Waals surface area contributed by atoms with E-state index in [0.29, 0.717) is 4.57 Å². The highest BCUT2D eigenvalue weighted by Gasteiger charge is 2.18. The summed E-state index contributed by atoms with van der Waals surface area (Å²) in [5.74, 6) is -1.21. The molecule has 0 saturated heterocycles. The summed E-state index contributed by atoms with van der Waals surface area (Å²) in [5, 5.41) is 10.7. The lowest BCUT2D eigenvalue weighted by Gasteiger charge is -2.08. The van der Waals surface area contributed by atoms with Crippen LogP contribution in [0.3, 0.4) is 0 Å². The molecule has 0 aliphatic rings. The molecule has 0 aliphatic carbocycles. The highest BCUT2D eigenvalue weighted by Crippen LogP contribution is 2.28. The molecular formula is C11H8F3N3O3. The molecule has 0 N–H and O–H groups in total. The summed E-state index contributed by atoms with van der Waals surface area (Å²) in [6.07, 6.45) is 2.19. The van der Waals surface area contributed by atoms with Gasteiger partial charge in [0.1, 0.15) is 12.4 Å². The average Bonchev–Trinajstić information content (AvgIpc) is 2.84. The van der Waals surface area contributed by atoms with Gasteiger partial charge in [-0.3, -0.25) is 14.7 Å². The second kappa shape index (κ2) is 5.59. The molecule has 1 heterocycles. The summed E-state index contributed by atoms with van der Waals surface area (Å²) < 4.78 is 43.7. The van der Waals surface area contributed by atoms with Crippen molar-refractivity contribution < 1.29 is 22.8 Å². The van der Waals surface area contributed by atoms with Gasteiger partial charge in [-0.05, 0) is 6.07 Å². The van der Waals surface area contributed by atoms with Crippen molar-refractivity contribution in [2.24, 2.45) is 0 Å². The summed E-state index contributed by atoms with van der Waals surface area (Å²) in [6, 6.07) is 2.66. The van der Waals surface area contributed by atoms with Crippen LogP contribution < -0.4 is 4.74 Å². The smallest absolute Gasteiger partial charge is 0.320 e. The molecule has 9 heteroatoms. The summed E-state index contributed by atoms with van der Waals surface area (Å²) in [4.78, 5) is 13.6. The van der Waals surface area contributed by atoms with Gasteiger partial charge in [0.2, 0.25) is 0 Å². The van der Waals surface area contributed by atoms with Gasteiger partial charge in [-0.2, -0.15) is 8.78 Å². The Morgan fingerprint density at radius 2 is 2.20 bits per heavy atom. The summed E-state index contributed by atoms with van der Waals surface area (Å²) in [5.41, 5.74) is -0.457. The van der Waals surface area contributed by atoms with E-state index in [1.165, 1.54) is 0 Å². The van der Waals surface area contributed by atoms with Crippen molar-refractivity contribution in [2.45, 2.75) is 13.2 Å². The van der Waals surface area contributed by atoms with Crippen LogP contribution in [0.15, 0.2) is 30.6 Å². The number of benzene rings is 1. The molecule has 20 heavy (non-hydrogen) atoms. The van der Waals surface area contributed by atoms with E-state index < -0.39 is 29.6 Å². The first-order valence-electron chi connectivity index (χ1n) is 5.35. The van der Waals surface area contributed by atoms with Gasteiger partial charge >= 0.3 is 12.2 Å². The lowest BCUT2D eigenvalue weighted by molar-refractivity contribution is -0.386. The zero-order chi connectivity index (χ0) is 14.7. The van der Waals surface area contributed by atoms with Crippen molar-refractivity contribution in [1.82, 2.24) is 9.55 Å². The van der Waals surface area contributed by atoms with Crippen LogP contribution >= 0.6 is 0 Å². The third-order valence-electron chi connectivity index (χ3n) is 2.43. The Labute approximate surface area is 110 Å². The molecule has 0 bridgehead atoms. The first-order valence-corrected chi connectivity index (χ1v) is 5.35. The van der Waals surface area contributed by atoms with Gasteiger partial charge < -0.3 is 4.74 Å². The molecule has 106 valence electrons. The summed E-state index contributed by atoms with van der Waals surface area (Å²) in [7, 11) is 0. The van der Waals surface area contributed by atoms with Gasteiger partial charge in [0.25, 0.3) is 0 Å². The van der Waals surface area contributed by atoms with Gasteiger partial charge in [-0.25, -0.2) is 9.37 Å². The minimum atomic E-state index is -2.81. The minimum absolute atomic E-state index is 0.126. The third-order valence-corrected chi connectivity index (χ3v) is 2.43. The van der Waals surface area contributed by atoms with E-state index in [2.05, 4.69) is 4.98 Å². The lowest BCUT2D eigenvalue weighted by Crippen LogP contribution is -2.08. The molecule has 0 saturated carbocycles. The van der Waals surface area contributed by atoms with Crippen LogP contribution in [0.1, 0.15) is 12.4 Å². The lowest BCUT2D eigenvalue weighted by atomic mass is 10.3. The van der Waals surface area contributed by atoms with Gasteiger partial charge in [-0.15, -0.1) is 0 Å².